The molecule has 2 rings (SSSR count). The number of hydrogen-bond acceptors (Lipinski definition) is 3. The van der Waals surface area contributed by atoms with Gasteiger partial charge in [0.2, 0.25) is 5.91 Å². The number of amides is 1. The van der Waals surface area contributed by atoms with Gasteiger partial charge in [-0.15, -0.1) is 11.8 Å². The van der Waals surface area contributed by atoms with Gasteiger partial charge < -0.3 is 10.4 Å². The second-order valence-electron chi connectivity index (χ2n) is 9.33. The van der Waals surface area contributed by atoms with E-state index in [-0.39, 0.29) is 24.7 Å². The van der Waals surface area contributed by atoms with Gasteiger partial charge in [-0.3, -0.25) is 4.79 Å². The number of benzene rings is 2. The van der Waals surface area contributed by atoms with E-state index in [0.29, 0.717) is 11.0 Å². The van der Waals surface area contributed by atoms with Crippen LogP contribution in [0.15, 0.2) is 36.4 Å². The molecule has 0 heterocycles. The summed E-state index contributed by atoms with van der Waals surface area (Å²) in [5.74, 6) is 0.306. The molecule has 0 radical (unpaired) electrons. The highest BCUT2D eigenvalue weighted by Crippen LogP contribution is 2.37. The monoisotopic (exact) mass is 503 g/mol. The number of aromatic hydroxyl groups is 1. The van der Waals surface area contributed by atoms with Gasteiger partial charge in [-0.2, -0.15) is 13.5 Å². The smallest absolute Gasteiger partial charge is 0.242 e. The number of anilines is 1. The van der Waals surface area contributed by atoms with Crippen molar-refractivity contribution in [3.8, 4) is 5.75 Å². The number of carbonyl (C=O) groups is 1. The van der Waals surface area contributed by atoms with E-state index >= 15 is 0 Å². The summed E-state index contributed by atoms with van der Waals surface area (Å²) in [7, 11) is 0. The Morgan fingerprint density at radius 3 is 2.15 bits per heavy atom. The second kappa shape index (κ2) is 16.1. The largest absolute Gasteiger partial charge is 0.507 e. The Morgan fingerprint density at radius 1 is 0.941 bits per heavy atom. The van der Waals surface area contributed by atoms with Crippen molar-refractivity contribution in [1.82, 2.24) is 0 Å². The Morgan fingerprint density at radius 2 is 1.53 bits per heavy atom. The van der Waals surface area contributed by atoms with Gasteiger partial charge in [-0.25, -0.2) is 0 Å². The summed E-state index contributed by atoms with van der Waals surface area (Å²) >= 11 is 1.76. The quantitative estimate of drug-likeness (QED) is 0.200. The number of carbonyl (C=O) groups excluding carboxylic acids is 1. The molecule has 0 fully saturated rings. The fourth-order valence-electron chi connectivity index (χ4n) is 4.18. The fraction of sp³-hybridized carbons (Fsp3) is 0.552. The summed E-state index contributed by atoms with van der Waals surface area (Å²) in [5.41, 5.74) is 4.32. The first-order chi connectivity index (χ1) is 15.8. The lowest BCUT2D eigenvalue weighted by molar-refractivity contribution is -0.115. The van der Waals surface area contributed by atoms with Crippen molar-refractivity contribution in [3.63, 3.8) is 0 Å². The zero-order valence-electron chi connectivity index (χ0n) is 21.7. The standard InChI is InChI=1S/C29H43NO2S.H2S/c1-6-7-8-9-10-11-12-14-17-22(3)33-28(25-18-15-13-16-19-25)29(32)30-26-20-21(2)27(31)24(5)23(26)4;/h13,15-16,18-20,22,28,31H,6-12,14,17H2,1-5H3,(H,30,32);1H2/t22?,28-;/m0./s1. The van der Waals surface area contributed by atoms with Crippen LogP contribution in [0.5, 0.6) is 5.75 Å². The molecule has 2 N–H and O–H groups in total. The molecule has 2 aromatic carbocycles. The van der Waals surface area contributed by atoms with Crippen LogP contribution in [0.4, 0.5) is 5.69 Å². The van der Waals surface area contributed by atoms with Gasteiger partial charge in [0.15, 0.2) is 0 Å². The van der Waals surface area contributed by atoms with E-state index in [0.717, 1.165) is 34.4 Å². The minimum absolute atomic E-state index is 0. The molecule has 1 unspecified atom stereocenters. The number of thioether (sulfide) groups is 1. The molecule has 0 spiro atoms. The first-order valence-corrected chi connectivity index (χ1v) is 13.6. The van der Waals surface area contributed by atoms with Crippen molar-refractivity contribution in [3.05, 3.63) is 58.7 Å². The normalized spacial score (nSPS) is 12.6. The van der Waals surface area contributed by atoms with Gasteiger partial charge >= 0.3 is 0 Å². The third-order valence-corrected chi connectivity index (χ3v) is 7.95. The van der Waals surface area contributed by atoms with E-state index in [1.165, 1.54) is 51.4 Å². The van der Waals surface area contributed by atoms with Gasteiger partial charge in [0.25, 0.3) is 0 Å². The van der Waals surface area contributed by atoms with Crippen LogP contribution in [0, 0.1) is 20.8 Å². The molecule has 0 aromatic heterocycles. The molecule has 2 atom stereocenters. The van der Waals surface area contributed by atoms with Crippen LogP contribution in [0.3, 0.4) is 0 Å². The van der Waals surface area contributed by atoms with Gasteiger partial charge in [0, 0.05) is 10.9 Å². The SMILES string of the molecule is CCCCCCCCCCC(C)S[C@H](C(=O)Nc1cc(C)c(O)c(C)c1C)c1ccccc1.S. The van der Waals surface area contributed by atoms with Crippen LogP contribution in [0.25, 0.3) is 0 Å². The predicted molar refractivity (Wildman–Crippen MR) is 155 cm³/mol. The molecule has 0 bridgehead atoms. The molecule has 0 saturated carbocycles. The van der Waals surface area contributed by atoms with Gasteiger partial charge in [0.1, 0.15) is 11.0 Å². The number of unbranched alkanes of at least 4 members (excludes halogenated alkanes) is 7. The molecular formula is C29H45NO2S2. The molecule has 1 amide bonds. The van der Waals surface area contributed by atoms with Crippen LogP contribution >= 0.6 is 25.3 Å². The van der Waals surface area contributed by atoms with E-state index in [4.69, 9.17) is 0 Å². The van der Waals surface area contributed by atoms with Gasteiger partial charge in [-0.1, -0.05) is 95.5 Å². The lowest BCUT2D eigenvalue weighted by atomic mass is 10.0. The number of aryl methyl sites for hydroxylation is 1. The highest BCUT2D eigenvalue weighted by molar-refractivity contribution is 8.00. The summed E-state index contributed by atoms with van der Waals surface area (Å²) < 4.78 is 0. The molecule has 0 saturated heterocycles. The molecule has 5 heteroatoms. The van der Waals surface area contributed by atoms with E-state index in [9.17, 15) is 9.90 Å². The maximum atomic E-state index is 13.4. The van der Waals surface area contributed by atoms with Crippen molar-refractivity contribution >= 4 is 36.9 Å². The Labute approximate surface area is 219 Å². The molecule has 34 heavy (non-hydrogen) atoms. The second-order valence-corrected chi connectivity index (χ2v) is 10.9. The maximum Gasteiger partial charge on any atom is 0.242 e. The molecule has 190 valence electrons. The van der Waals surface area contributed by atoms with E-state index in [1.807, 2.05) is 57.2 Å². The number of phenols is 1. The zero-order valence-corrected chi connectivity index (χ0v) is 23.6. The lowest BCUT2D eigenvalue weighted by Crippen LogP contribution is -2.21. The number of rotatable bonds is 14. The van der Waals surface area contributed by atoms with Crippen molar-refractivity contribution in [2.75, 3.05) is 5.32 Å². The molecule has 0 aliphatic carbocycles. The van der Waals surface area contributed by atoms with Crippen molar-refractivity contribution in [1.29, 1.82) is 0 Å². The van der Waals surface area contributed by atoms with Gasteiger partial charge in [-0.05, 0) is 55.5 Å². The summed E-state index contributed by atoms with van der Waals surface area (Å²) in [6.45, 7) is 10.2. The summed E-state index contributed by atoms with van der Waals surface area (Å²) in [4.78, 5) is 13.4. The highest BCUT2D eigenvalue weighted by Gasteiger charge is 2.24. The average Bonchev–Trinajstić information content (AvgIpc) is 2.81. The van der Waals surface area contributed by atoms with Crippen LogP contribution in [0.2, 0.25) is 0 Å². The lowest BCUT2D eigenvalue weighted by Gasteiger charge is -2.22. The zero-order chi connectivity index (χ0) is 24.2. The molecule has 0 aliphatic rings. The van der Waals surface area contributed by atoms with E-state index in [1.54, 1.807) is 11.8 Å². The van der Waals surface area contributed by atoms with E-state index in [2.05, 4.69) is 19.2 Å². The van der Waals surface area contributed by atoms with Crippen LogP contribution in [0.1, 0.15) is 99.1 Å². The van der Waals surface area contributed by atoms with Crippen molar-refractivity contribution in [2.45, 2.75) is 103 Å². The minimum Gasteiger partial charge on any atom is -0.507 e. The Hall–Kier alpha value is -1.59. The average molecular weight is 504 g/mol. The molecule has 0 aliphatic heterocycles. The number of nitrogens with one attached hydrogen (secondary N) is 1. The first kappa shape index (κ1) is 30.4. The summed E-state index contributed by atoms with van der Waals surface area (Å²) in [6.07, 6.45) is 11.7. The molecular weight excluding hydrogens is 458 g/mol. The van der Waals surface area contributed by atoms with Gasteiger partial charge in [0.05, 0.1) is 0 Å². The van der Waals surface area contributed by atoms with E-state index < -0.39 is 0 Å². The first-order valence-electron chi connectivity index (χ1n) is 12.7. The highest BCUT2D eigenvalue weighted by atomic mass is 32.2. The molecule has 3 nitrogen and oxygen atoms in total. The van der Waals surface area contributed by atoms with Crippen molar-refractivity contribution in [2.24, 2.45) is 0 Å². The Kier molecular flexibility index (Phi) is 14.5. The fourth-order valence-corrected chi connectivity index (χ4v) is 5.45. The Balaban J connectivity index is 0.00000578. The van der Waals surface area contributed by atoms with Crippen molar-refractivity contribution < 1.29 is 9.90 Å². The summed E-state index contributed by atoms with van der Waals surface area (Å²) in [5, 5.41) is 13.5. The van der Waals surface area contributed by atoms with Crippen LogP contribution < -0.4 is 5.32 Å². The van der Waals surface area contributed by atoms with Crippen LogP contribution in [-0.4, -0.2) is 16.3 Å². The third-order valence-electron chi connectivity index (χ3n) is 6.49. The summed E-state index contributed by atoms with van der Waals surface area (Å²) in [6, 6.07) is 11.9. The minimum atomic E-state index is -0.260. The number of hydrogen-bond donors (Lipinski definition) is 2. The Bertz CT molecular complexity index is 870. The third kappa shape index (κ3) is 9.58. The topological polar surface area (TPSA) is 49.3 Å². The maximum absolute atomic E-state index is 13.4. The van der Waals surface area contributed by atoms with Crippen LogP contribution in [-0.2, 0) is 4.79 Å². The molecule has 2 aromatic rings. The predicted octanol–water partition coefficient (Wildman–Crippen LogP) is 8.76. The number of phenolic OH excluding ortho intramolecular Hbond substituents is 1.